The number of rotatable bonds is 7. The molecule has 6 nitrogen and oxygen atoms in total. The Hall–Kier alpha value is -2.68. The largest absolute Gasteiger partial charge is 0.496 e. The number of hydrogen-bond acceptors (Lipinski definition) is 6. The highest BCUT2D eigenvalue weighted by Gasteiger charge is 2.34. The Morgan fingerprint density at radius 2 is 1.97 bits per heavy atom. The molecule has 0 fully saturated rings. The molecule has 1 aliphatic rings. The number of ether oxygens (including phenoxy) is 2. The summed E-state index contributed by atoms with van der Waals surface area (Å²) in [4.78, 5) is 32.2. The third kappa shape index (κ3) is 5.15. The van der Waals surface area contributed by atoms with Gasteiger partial charge in [-0.1, -0.05) is 54.5 Å². The monoisotopic (exact) mass is 574 g/mol. The van der Waals surface area contributed by atoms with Crippen LogP contribution in [0.4, 0.5) is 0 Å². The molecule has 1 aromatic heterocycles. The van der Waals surface area contributed by atoms with Crippen LogP contribution in [0.1, 0.15) is 43.9 Å². The second kappa shape index (κ2) is 10.9. The number of hydrogen-bond donors (Lipinski definition) is 0. The van der Waals surface area contributed by atoms with Crippen molar-refractivity contribution >= 4 is 50.9 Å². The minimum Gasteiger partial charge on any atom is -0.496 e. The Balaban J connectivity index is 2.00. The van der Waals surface area contributed by atoms with Crippen LogP contribution < -0.4 is 19.6 Å². The minimum absolute atomic E-state index is 0.224. The minimum atomic E-state index is -0.679. The number of aromatic nitrogens is 1. The number of esters is 1. The second-order valence-electron chi connectivity index (χ2n) is 7.86. The summed E-state index contributed by atoms with van der Waals surface area (Å²) in [5.74, 6) is 0.183. The molecule has 1 atom stereocenters. The Morgan fingerprint density at radius 1 is 1.23 bits per heavy atom. The molecule has 0 aliphatic carbocycles. The van der Waals surface area contributed by atoms with Crippen molar-refractivity contribution in [2.24, 2.45) is 4.99 Å². The van der Waals surface area contributed by atoms with Gasteiger partial charge in [0.25, 0.3) is 5.56 Å². The highest BCUT2D eigenvalue weighted by Crippen LogP contribution is 2.36. The molecule has 3 aromatic rings. The van der Waals surface area contributed by atoms with Crippen LogP contribution in [0.3, 0.4) is 0 Å². The van der Waals surface area contributed by atoms with Crippen molar-refractivity contribution in [3.63, 3.8) is 0 Å². The van der Waals surface area contributed by atoms with Gasteiger partial charge in [0.15, 0.2) is 4.80 Å². The molecular weight excluding hydrogens is 552 g/mol. The van der Waals surface area contributed by atoms with E-state index in [1.807, 2.05) is 43.3 Å². The average molecular weight is 576 g/mol. The molecule has 9 heteroatoms. The molecular formula is C26H24BrClN2O4S. The number of allylic oxidation sites excluding steroid dienone is 1. The van der Waals surface area contributed by atoms with E-state index in [1.54, 1.807) is 30.7 Å². The summed E-state index contributed by atoms with van der Waals surface area (Å²) in [5, 5.41) is 0.622. The molecule has 0 saturated heterocycles. The number of carbonyl (C=O) groups is 1. The summed E-state index contributed by atoms with van der Waals surface area (Å²) in [5.41, 5.74) is 2.40. The fraction of sp³-hybridized carbons (Fsp3) is 0.269. The Labute approximate surface area is 220 Å². The molecule has 35 heavy (non-hydrogen) atoms. The molecule has 0 N–H and O–H groups in total. The molecule has 0 saturated carbocycles. The fourth-order valence-electron chi connectivity index (χ4n) is 4.00. The maximum absolute atomic E-state index is 13.7. The van der Waals surface area contributed by atoms with Crippen molar-refractivity contribution in [2.75, 3.05) is 13.7 Å². The van der Waals surface area contributed by atoms with Crippen LogP contribution >= 0.6 is 38.9 Å². The molecule has 182 valence electrons. The predicted molar refractivity (Wildman–Crippen MR) is 142 cm³/mol. The highest BCUT2D eigenvalue weighted by atomic mass is 79.9. The van der Waals surface area contributed by atoms with Gasteiger partial charge in [-0.25, -0.2) is 9.79 Å². The predicted octanol–water partition coefficient (Wildman–Crippen LogP) is 5.00. The quantitative estimate of drug-likeness (QED) is 0.372. The fourth-order valence-corrected chi connectivity index (χ4v) is 5.70. The normalized spacial score (nSPS) is 15.6. The average Bonchev–Trinajstić information content (AvgIpc) is 3.14. The van der Waals surface area contributed by atoms with Gasteiger partial charge in [0, 0.05) is 5.02 Å². The number of methoxy groups -OCH3 is 1. The lowest BCUT2D eigenvalue weighted by Crippen LogP contribution is -2.40. The molecule has 2 heterocycles. The first-order valence-corrected chi connectivity index (χ1v) is 13.2. The maximum Gasteiger partial charge on any atom is 0.338 e. The van der Waals surface area contributed by atoms with Crippen molar-refractivity contribution in [1.82, 2.24) is 4.57 Å². The molecule has 1 aliphatic heterocycles. The lowest BCUT2D eigenvalue weighted by molar-refractivity contribution is -0.139. The van der Waals surface area contributed by atoms with E-state index in [-0.39, 0.29) is 12.2 Å². The van der Waals surface area contributed by atoms with E-state index in [4.69, 9.17) is 26.1 Å². The summed E-state index contributed by atoms with van der Waals surface area (Å²) in [7, 11) is 1.59. The van der Waals surface area contributed by atoms with Gasteiger partial charge < -0.3 is 9.47 Å². The number of halogens is 2. The first kappa shape index (κ1) is 25.4. The van der Waals surface area contributed by atoms with E-state index in [9.17, 15) is 9.59 Å². The lowest BCUT2D eigenvalue weighted by Gasteiger charge is -2.26. The van der Waals surface area contributed by atoms with Crippen LogP contribution in [0.2, 0.25) is 5.02 Å². The zero-order valence-corrected chi connectivity index (χ0v) is 22.7. The van der Waals surface area contributed by atoms with E-state index >= 15 is 0 Å². The van der Waals surface area contributed by atoms with E-state index in [0.29, 0.717) is 37.8 Å². The van der Waals surface area contributed by atoms with Gasteiger partial charge in [0.2, 0.25) is 0 Å². The second-order valence-corrected chi connectivity index (χ2v) is 10.2. The lowest BCUT2D eigenvalue weighted by atomic mass is 9.94. The van der Waals surface area contributed by atoms with Gasteiger partial charge in [0.1, 0.15) is 5.75 Å². The summed E-state index contributed by atoms with van der Waals surface area (Å²) in [6.45, 7) is 4.01. The van der Waals surface area contributed by atoms with Crippen LogP contribution in [0.5, 0.6) is 5.75 Å². The summed E-state index contributed by atoms with van der Waals surface area (Å²) in [6, 6.07) is 12.1. The summed E-state index contributed by atoms with van der Waals surface area (Å²) >= 11 is 10.9. The van der Waals surface area contributed by atoms with Crippen molar-refractivity contribution in [3.05, 3.63) is 94.0 Å². The molecule has 4 rings (SSSR count). The van der Waals surface area contributed by atoms with Crippen LogP contribution in [-0.4, -0.2) is 24.3 Å². The number of nitrogens with zero attached hydrogens (tertiary/aromatic N) is 2. The van der Waals surface area contributed by atoms with E-state index in [2.05, 4.69) is 15.9 Å². The van der Waals surface area contributed by atoms with Crippen molar-refractivity contribution < 1.29 is 14.3 Å². The number of fused-ring (bicyclic) bond motifs is 1. The van der Waals surface area contributed by atoms with Gasteiger partial charge in [-0.2, -0.15) is 0 Å². The number of thiazole rings is 1. The van der Waals surface area contributed by atoms with Crippen LogP contribution in [0.25, 0.3) is 6.08 Å². The number of benzene rings is 2. The van der Waals surface area contributed by atoms with E-state index in [1.165, 1.54) is 11.3 Å². The van der Waals surface area contributed by atoms with Crippen LogP contribution in [0, 0.1) is 0 Å². The molecule has 1 unspecified atom stereocenters. The zero-order chi connectivity index (χ0) is 25.1. The molecule has 0 spiro atoms. The Bertz CT molecular complexity index is 1470. The standard InChI is InChI=1S/C26H24BrClN2O4S/c1-4-6-19-22(25(32)34-5-2)23(16-9-12-20(33-3)18(27)14-16)30-24(31)21(35-26(30)29-19)13-15-7-10-17(28)11-8-15/h7-14,23H,4-6H2,1-3H3/b21-13-. The van der Waals surface area contributed by atoms with Gasteiger partial charge in [0.05, 0.1) is 40.0 Å². The Kier molecular flexibility index (Phi) is 7.94. The Morgan fingerprint density at radius 3 is 2.60 bits per heavy atom. The van der Waals surface area contributed by atoms with Gasteiger partial charge in [-0.05, 0) is 70.7 Å². The smallest absolute Gasteiger partial charge is 0.338 e. The maximum atomic E-state index is 13.7. The first-order valence-electron chi connectivity index (χ1n) is 11.2. The van der Waals surface area contributed by atoms with Crippen LogP contribution in [-0.2, 0) is 9.53 Å². The summed E-state index contributed by atoms with van der Waals surface area (Å²) in [6.07, 6.45) is 3.19. The number of carbonyl (C=O) groups excluding carboxylic acids is 1. The van der Waals surface area contributed by atoms with Crippen molar-refractivity contribution in [2.45, 2.75) is 32.7 Å². The van der Waals surface area contributed by atoms with Gasteiger partial charge in [-0.15, -0.1) is 0 Å². The van der Waals surface area contributed by atoms with Crippen molar-refractivity contribution in [3.8, 4) is 5.75 Å². The van der Waals surface area contributed by atoms with Gasteiger partial charge >= 0.3 is 5.97 Å². The molecule has 0 amide bonds. The van der Waals surface area contributed by atoms with E-state index in [0.717, 1.165) is 22.0 Å². The first-order chi connectivity index (χ1) is 16.9. The van der Waals surface area contributed by atoms with Crippen molar-refractivity contribution in [1.29, 1.82) is 0 Å². The van der Waals surface area contributed by atoms with Crippen LogP contribution in [0.15, 0.2) is 68.0 Å². The molecule has 2 aromatic carbocycles. The third-order valence-corrected chi connectivity index (χ3v) is 7.41. The zero-order valence-electron chi connectivity index (χ0n) is 19.5. The summed E-state index contributed by atoms with van der Waals surface area (Å²) < 4.78 is 13.6. The third-order valence-electron chi connectivity index (χ3n) is 5.55. The molecule has 0 radical (unpaired) electrons. The SMILES string of the molecule is CCCC1=C(C(=O)OCC)C(c2ccc(OC)c(Br)c2)n2c(s/c(=C\c3ccc(Cl)cc3)c2=O)=N1. The van der Waals surface area contributed by atoms with Gasteiger partial charge in [-0.3, -0.25) is 9.36 Å². The highest BCUT2D eigenvalue weighted by molar-refractivity contribution is 9.10. The molecule has 0 bridgehead atoms. The topological polar surface area (TPSA) is 69.9 Å². The van der Waals surface area contributed by atoms with E-state index < -0.39 is 12.0 Å².